The summed E-state index contributed by atoms with van der Waals surface area (Å²) in [6.07, 6.45) is 2.71. The van der Waals surface area contributed by atoms with Gasteiger partial charge in [-0.1, -0.05) is 19.1 Å². The van der Waals surface area contributed by atoms with Crippen LogP contribution in [-0.2, 0) is 21.5 Å². The first kappa shape index (κ1) is 20.3. The van der Waals surface area contributed by atoms with Crippen molar-refractivity contribution in [2.24, 2.45) is 5.92 Å². The molecular weight excluding hydrogens is 381 g/mol. The average molecular weight is 405 g/mol. The van der Waals surface area contributed by atoms with Crippen LogP contribution in [0.4, 0.5) is 4.39 Å². The zero-order valence-electron chi connectivity index (χ0n) is 16.0. The molecule has 1 amide bonds. The second kappa shape index (κ2) is 8.31. The highest BCUT2D eigenvalue weighted by atomic mass is 32.2. The van der Waals surface area contributed by atoms with E-state index in [0.717, 1.165) is 49.1 Å². The van der Waals surface area contributed by atoms with Crippen LogP contribution in [0.3, 0.4) is 0 Å². The largest absolute Gasteiger partial charge is 0.379 e. The van der Waals surface area contributed by atoms with Crippen molar-refractivity contribution in [2.75, 3.05) is 0 Å². The molecule has 5 nitrogen and oxygen atoms in total. The van der Waals surface area contributed by atoms with Crippen molar-refractivity contribution in [2.45, 2.75) is 50.6 Å². The molecule has 0 unspecified atom stereocenters. The maximum Gasteiger partial charge on any atom is 0.339 e. The zero-order valence-corrected chi connectivity index (χ0v) is 16.8. The standard InChI is InChI=1S/C21H24FNO4S/c1-3-15(2)23(21(24)17-7-8-17)14-16-5-4-6-19(13-16)27-28(25,26)20-11-9-18(22)10-12-20/h4-6,9-13,15,17H,3,7-8,14H2,1-2H3/t15-/m0/s1. The van der Waals surface area contributed by atoms with Crippen molar-refractivity contribution in [1.29, 1.82) is 0 Å². The van der Waals surface area contributed by atoms with Gasteiger partial charge in [-0.2, -0.15) is 8.42 Å². The van der Waals surface area contributed by atoms with E-state index < -0.39 is 15.9 Å². The molecule has 1 atom stereocenters. The Balaban J connectivity index is 1.77. The highest BCUT2D eigenvalue weighted by molar-refractivity contribution is 7.87. The summed E-state index contributed by atoms with van der Waals surface area (Å²) in [5.74, 6) is -0.0944. The summed E-state index contributed by atoms with van der Waals surface area (Å²) in [5.41, 5.74) is 0.793. The second-order valence-corrected chi connectivity index (χ2v) is 8.68. The molecule has 0 radical (unpaired) electrons. The first-order valence-electron chi connectivity index (χ1n) is 9.39. The molecule has 2 aromatic carbocycles. The van der Waals surface area contributed by atoms with E-state index in [9.17, 15) is 17.6 Å². The molecule has 0 aliphatic heterocycles. The normalized spacial score (nSPS) is 15.1. The summed E-state index contributed by atoms with van der Waals surface area (Å²) >= 11 is 0. The maximum atomic E-state index is 13.0. The van der Waals surface area contributed by atoms with E-state index in [4.69, 9.17) is 4.18 Å². The Kier molecular flexibility index (Phi) is 6.03. The zero-order chi connectivity index (χ0) is 20.3. The van der Waals surface area contributed by atoms with Crippen LogP contribution in [0.5, 0.6) is 5.75 Å². The Morgan fingerprint density at radius 1 is 1.21 bits per heavy atom. The van der Waals surface area contributed by atoms with E-state index in [0.29, 0.717) is 6.54 Å². The minimum absolute atomic E-state index is 0.0978. The van der Waals surface area contributed by atoms with E-state index in [1.54, 1.807) is 18.2 Å². The lowest BCUT2D eigenvalue weighted by atomic mass is 10.1. The predicted molar refractivity (Wildman–Crippen MR) is 104 cm³/mol. The number of halogens is 1. The lowest BCUT2D eigenvalue weighted by Gasteiger charge is -2.29. The quantitative estimate of drug-likeness (QED) is 0.620. The van der Waals surface area contributed by atoms with Crippen LogP contribution in [0.25, 0.3) is 0 Å². The summed E-state index contributed by atoms with van der Waals surface area (Å²) in [6.45, 7) is 4.45. The van der Waals surface area contributed by atoms with E-state index in [1.165, 1.54) is 0 Å². The van der Waals surface area contributed by atoms with Gasteiger partial charge in [-0.3, -0.25) is 4.79 Å². The summed E-state index contributed by atoms with van der Waals surface area (Å²) in [5, 5.41) is 0. The number of amides is 1. The summed E-state index contributed by atoms with van der Waals surface area (Å²) < 4.78 is 43.0. The van der Waals surface area contributed by atoms with Gasteiger partial charge >= 0.3 is 10.1 Å². The topological polar surface area (TPSA) is 63.7 Å². The number of carbonyl (C=O) groups excluding carboxylic acids is 1. The van der Waals surface area contributed by atoms with E-state index >= 15 is 0 Å². The molecule has 150 valence electrons. The van der Waals surface area contributed by atoms with Gasteiger partial charge in [-0.05, 0) is 68.1 Å². The minimum atomic E-state index is -4.06. The van der Waals surface area contributed by atoms with Gasteiger partial charge in [0.25, 0.3) is 0 Å². The summed E-state index contributed by atoms with van der Waals surface area (Å²) in [4.78, 5) is 14.3. The lowest BCUT2D eigenvalue weighted by molar-refractivity contribution is -0.135. The third kappa shape index (κ3) is 4.90. The molecule has 0 bridgehead atoms. The summed E-state index contributed by atoms with van der Waals surface area (Å²) in [7, 11) is -4.06. The van der Waals surface area contributed by atoms with Gasteiger partial charge in [-0.15, -0.1) is 0 Å². The van der Waals surface area contributed by atoms with E-state index in [-0.39, 0.29) is 28.5 Å². The second-order valence-electron chi connectivity index (χ2n) is 7.14. The van der Waals surface area contributed by atoms with Gasteiger partial charge in [0.15, 0.2) is 0 Å². The fourth-order valence-electron chi connectivity index (χ4n) is 2.90. The smallest absolute Gasteiger partial charge is 0.339 e. The SMILES string of the molecule is CC[C@H](C)N(Cc1cccc(OS(=O)(=O)c2ccc(F)cc2)c1)C(=O)C1CC1. The Morgan fingerprint density at radius 3 is 2.50 bits per heavy atom. The van der Waals surface area contributed by atoms with Crippen LogP contribution >= 0.6 is 0 Å². The Bertz CT molecular complexity index is 939. The first-order chi connectivity index (χ1) is 13.3. The Labute approximate surface area is 165 Å². The number of benzene rings is 2. The number of rotatable bonds is 8. The van der Waals surface area contributed by atoms with Crippen molar-refractivity contribution in [1.82, 2.24) is 4.90 Å². The van der Waals surface area contributed by atoms with Crippen molar-refractivity contribution in [3.05, 3.63) is 59.9 Å². The number of hydrogen-bond acceptors (Lipinski definition) is 4. The lowest BCUT2D eigenvalue weighted by Crippen LogP contribution is -2.38. The predicted octanol–water partition coefficient (Wildman–Crippen LogP) is 4.13. The average Bonchev–Trinajstić information content (AvgIpc) is 3.50. The number of nitrogens with zero attached hydrogens (tertiary/aromatic N) is 1. The number of hydrogen-bond donors (Lipinski definition) is 0. The third-order valence-corrected chi connectivity index (χ3v) is 6.15. The molecule has 0 saturated heterocycles. The van der Waals surface area contributed by atoms with Gasteiger partial charge in [0.1, 0.15) is 16.5 Å². The van der Waals surface area contributed by atoms with Crippen molar-refractivity contribution in [3.63, 3.8) is 0 Å². The van der Waals surface area contributed by atoms with Crippen LogP contribution in [0.1, 0.15) is 38.7 Å². The third-order valence-electron chi connectivity index (χ3n) is 4.89. The van der Waals surface area contributed by atoms with E-state index in [2.05, 4.69) is 0 Å². The highest BCUT2D eigenvalue weighted by Crippen LogP contribution is 2.33. The fourth-order valence-corrected chi connectivity index (χ4v) is 3.83. The van der Waals surface area contributed by atoms with Crippen LogP contribution in [0.15, 0.2) is 53.4 Å². The molecule has 3 rings (SSSR count). The monoisotopic (exact) mass is 405 g/mol. The van der Waals surface area contributed by atoms with Crippen LogP contribution in [0.2, 0.25) is 0 Å². The molecule has 0 N–H and O–H groups in total. The van der Waals surface area contributed by atoms with E-state index in [1.807, 2.05) is 24.8 Å². The molecule has 0 heterocycles. The Hall–Kier alpha value is -2.41. The molecule has 1 aliphatic rings. The molecule has 1 aliphatic carbocycles. The van der Waals surface area contributed by atoms with Crippen molar-refractivity contribution in [3.8, 4) is 5.75 Å². The maximum absolute atomic E-state index is 13.0. The van der Waals surface area contributed by atoms with Crippen LogP contribution < -0.4 is 4.18 Å². The van der Waals surface area contributed by atoms with Gasteiger partial charge < -0.3 is 9.08 Å². The Morgan fingerprint density at radius 2 is 1.89 bits per heavy atom. The van der Waals surface area contributed by atoms with Gasteiger partial charge in [0, 0.05) is 18.5 Å². The summed E-state index contributed by atoms with van der Waals surface area (Å²) in [6, 6.07) is 11.3. The molecule has 28 heavy (non-hydrogen) atoms. The van der Waals surface area contributed by atoms with Gasteiger partial charge in [0.2, 0.25) is 5.91 Å². The minimum Gasteiger partial charge on any atom is -0.379 e. The molecule has 1 fully saturated rings. The number of carbonyl (C=O) groups is 1. The van der Waals surface area contributed by atoms with Crippen LogP contribution in [-0.4, -0.2) is 25.3 Å². The molecule has 2 aromatic rings. The van der Waals surface area contributed by atoms with Gasteiger partial charge in [-0.25, -0.2) is 4.39 Å². The first-order valence-corrected chi connectivity index (χ1v) is 10.8. The molecule has 0 spiro atoms. The van der Waals surface area contributed by atoms with Crippen molar-refractivity contribution < 1.29 is 21.8 Å². The fraction of sp³-hybridized carbons (Fsp3) is 0.381. The molecule has 0 aromatic heterocycles. The highest BCUT2D eigenvalue weighted by Gasteiger charge is 2.34. The van der Waals surface area contributed by atoms with Crippen molar-refractivity contribution >= 4 is 16.0 Å². The molecular formula is C21H24FNO4S. The molecule has 7 heteroatoms. The van der Waals surface area contributed by atoms with Crippen LogP contribution in [0, 0.1) is 11.7 Å². The molecule has 1 saturated carbocycles. The van der Waals surface area contributed by atoms with Gasteiger partial charge in [0.05, 0.1) is 0 Å².